The summed E-state index contributed by atoms with van der Waals surface area (Å²) in [5, 5.41) is 3.55. The van der Waals surface area contributed by atoms with Gasteiger partial charge in [-0.3, -0.25) is 4.98 Å². The van der Waals surface area contributed by atoms with Crippen LogP contribution in [0.2, 0.25) is 0 Å². The predicted octanol–water partition coefficient (Wildman–Crippen LogP) is 3.84. The van der Waals surface area contributed by atoms with Crippen molar-refractivity contribution in [3.05, 3.63) is 29.8 Å². The molecule has 2 atom stereocenters. The lowest BCUT2D eigenvalue weighted by molar-refractivity contribution is 0.412. The number of nitrogens with zero attached hydrogens (tertiary/aromatic N) is 1. The van der Waals surface area contributed by atoms with Crippen LogP contribution in [-0.4, -0.2) is 11.0 Å². The zero-order valence-electron chi connectivity index (χ0n) is 11.0. The van der Waals surface area contributed by atoms with Gasteiger partial charge in [0, 0.05) is 12.1 Å². The van der Waals surface area contributed by atoms with E-state index in [0.717, 1.165) is 12.1 Å². The Labute approximate surface area is 104 Å². The summed E-state index contributed by atoms with van der Waals surface area (Å²) in [5.41, 5.74) is 0.928. The maximum Gasteiger partial charge on any atom is 0.141 e. The summed E-state index contributed by atoms with van der Waals surface area (Å²) in [6, 6.07) is 3.95. The molecule has 1 aromatic rings. The Morgan fingerprint density at radius 3 is 2.65 bits per heavy atom. The van der Waals surface area contributed by atoms with E-state index in [-0.39, 0.29) is 11.9 Å². The van der Waals surface area contributed by atoms with E-state index in [4.69, 9.17) is 0 Å². The van der Waals surface area contributed by atoms with E-state index in [0.29, 0.717) is 6.04 Å². The van der Waals surface area contributed by atoms with Crippen LogP contribution in [0.15, 0.2) is 18.3 Å². The number of aromatic nitrogens is 1. The van der Waals surface area contributed by atoms with Gasteiger partial charge in [-0.15, -0.1) is 0 Å². The van der Waals surface area contributed by atoms with Crippen molar-refractivity contribution in [2.75, 3.05) is 0 Å². The normalized spacial score (nSPS) is 14.6. The predicted molar refractivity (Wildman–Crippen MR) is 69.3 cm³/mol. The van der Waals surface area contributed by atoms with Crippen LogP contribution in [0, 0.1) is 5.82 Å². The largest absolute Gasteiger partial charge is 0.306 e. The molecule has 1 heterocycles. The van der Waals surface area contributed by atoms with Gasteiger partial charge in [0.15, 0.2) is 0 Å². The van der Waals surface area contributed by atoms with E-state index in [1.165, 1.54) is 31.5 Å². The number of halogens is 1. The second-order valence-electron chi connectivity index (χ2n) is 4.57. The number of unbranched alkanes of at least 4 members (excludes halogenated alkanes) is 1. The molecule has 0 bridgehead atoms. The van der Waals surface area contributed by atoms with Gasteiger partial charge in [-0.05, 0) is 31.9 Å². The van der Waals surface area contributed by atoms with Crippen LogP contribution in [-0.2, 0) is 0 Å². The first-order chi connectivity index (χ1) is 8.17. The van der Waals surface area contributed by atoms with E-state index >= 15 is 0 Å². The van der Waals surface area contributed by atoms with Crippen molar-refractivity contribution < 1.29 is 4.39 Å². The van der Waals surface area contributed by atoms with Crippen molar-refractivity contribution >= 4 is 0 Å². The maximum atomic E-state index is 12.8. The van der Waals surface area contributed by atoms with Gasteiger partial charge in [0.25, 0.3) is 0 Å². The van der Waals surface area contributed by atoms with E-state index < -0.39 is 0 Å². The third kappa shape index (κ3) is 4.82. The zero-order chi connectivity index (χ0) is 12.7. The van der Waals surface area contributed by atoms with Crippen LogP contribution in [0.4, 0.5) is 4.39 Å². The molecule has 0 fully saturated rings. The van der Waals surface area contributed by atoms with Crippen molar-refractivity contribution in [3.63, 3.8) is 0 Å². The number of hydrogen-bond acceptors (Lipinski definition) is 2. The Kier molecular flexibility index (Phi) is 6.12. The molecule has 2 nitrogen and oxygen atoms in total. The highest BCUT2D eigenvalue weighted by Gasteiger charge is 2.13. The number of nitrogens with one attached hydrogen (secondary N) is 1. The maximum absolute atomic E-state index is 12.8. The van der Waals surface area contributed by atoms with Gasteiger partial charge in [0.1, 0.15) is 5.82 Å². The highest BCUT2D eigenvalue weighted by molar-refractivity contribution is 5.09. The standard InChI is InChI=1S/C14H23FN2/c1-4-6-7-11(3)17-13(5-2)14-9-8-12(15)10-16-14/h8-11,13,17H,4-7H2,1-3H3. The molecule has 0 aromatic carbocycles. The smallest absolute Gasteiger partial charge is 0.141 e. The molecule has 96 valence electrons. The van der Waals surface area contributed by atoms with E-state index in [9.17, 15) is 4.39 Å². The Hall–Kier alpha value is -0.960. The van der Waals surface area contributed by atoms with Gasteiger partial charge in [-0.2, -0.15) is 0 Å². The molecule has 0 saturated heterocycles. The molecule has 0 aliphatic rings. The molecule has 1 N–H and O–H groups in total. The highest BCUT2D eigenvalue weighted by Crippen LogP contribution is 2.16. The zero-order valence-corrected chi connectivity index (χ0v) is 11.0. The van der Waals surface area contributed by atoms with Crippen molar-refractivity contribution in [1.82, 2.24) is 10.3 Å². The number of pyridine rings is 1. The fourth-order valence-electron chi connectivity index (χ4n) is 1.94. The van der Waals surface area contributed by atoms with Gasteiger partial charge >= 0.3 is 0 Å². The lowest BCUT2D eigenvalue weighted by atomic mass is 10.1. The molecule has 0 radical (unpaired) electrons. The highest BCUT2D eigenvalue weighted by atomic mass is 19.1. The van der Waals surface area contributed by atoms with Crippen molar-refractivity contribution in [2.45, 2.75) is 58.5 Å². The molecule has 0 amide bonds. The number of hydrogen-bond donors (Lipinski definition) is 1. The van der Waals surface area contributed by atoms with Gasteiger partial charge in [0.05, 0.1) is 11.9 Å². The summed E-state index contributed by atoms with van der Waals surface area (Å²) in [5.74, 6) is -0.275. The van der Waals surface area contributed by atoms with Crippen LogP contribution in [0.3, 0.4) is 0 Å². The molecule has 1 rings (SSSR count). The van der Waals surface area contributed by atoms with Gasteiger partial charge < -0.3 is 5.32 Å². The molecule has 1 aromatic heterocycles. The fourth-order valence-corrected chi connectivity index (χ4v) is 1.94. The lowest BCUT2D eigenvalue weighted by Crippen LogP contribution is -2.30. The molecule has 0 spiro atoms. The second-order valence-corrected chi connectivity index (χ2v) is 4.57. The molecule has 0 saturated carbocycles. The third-order valence-electron chi connectivity index (χ3n) is 2.99. The first-order valence-electron chi connectivity index (χ1n) is 6.54. The first-order valence-corrected chi connectivity index (χ1v) is 6.54. The Morgan fingerprint density at radius 2 is 2.12 bits per heavy atom. The molecule has 0 aliphatic carbocycles. The van der Waals surface area contributed by atoms with Crippen LogP contribution in [0.25, 0.3) is 0 Å². The van der Waals surface area contributed by atoms with Crippen LogP contribution < -0.4 is 5.32 Å². The average Bonchev–Trinajstić information content (AvgIpc) is 2.34. The van der Waals surface area contributed by atoms with E-state index in [1.54, 1.807) is 6.07 Å². The fraction of sp³-hybridized carbons (Fsp3) is 0.643. The summed E-state index contributed by atoms with van der Waals surface area (Å²) in [7, 11) is 0. The molecule has 0 aliphatic heterocycles. The van der Waals surface area contributed by atoms with Crippen molar-refractivity contribution in [1.29, 1.82) is 0 Å². The molecular weight excluding hydrogens is 215 g/mol. The molecular formula is C14H23FN2. The monoisotopic (exact) mass is 238 g/mol. The Bertz CT molecular complexity index is 311. The third-order valence-corrected chi connectivity index (χ3v) is 2.99. The average molecular weight is 238 g/mol. The van der Waals surface area contributed by atoms with Crippen molar-refractivity contribution in [2.24, 2.45) is 0 Å². The second kappa shape index (κ2) is 7.38. The number of rotatable bonds is 7. The van der Waals surface area contributed by atoms with Crippen LogP contribution in [0.1, 0.15) is 58.2 Å². The molecule has 3 heteroatoms. The Morgan fingerprint density at radius 1 is 1.35 bits per heavy atom. The topological polar surface area (TPSA) is 24.9 Å². The first kappa shape index (κ1) is 14.1. The summed E-state index contributed by atoms with van der Waals surface area (Å²) in [4.78, 5) is 4.15. The van der Waals surface area contributed by atoms with Gasteiger partial charge in [0.2, 0.25) is 0 Å². The summed E-state index contributed by atoms with van der Waals surface area (Å²) >= 11 is 0. The quantitative estimate of drug-likeness (QED) is 0.780. The minimum atomic E-state index is -0.275. The minimum Gasteiger partial charge on any atom is -0.306 e. The van der Waals surface area contributed by atoms with Gasteiger partial charge in [-0.25, -0.2) is 4.39 Å². The SMILES string of the molecule is CCCCC(C)NC(CC)c1ccc(F)cn1. The van der Waals surface area contributed by atoms with Crippen LogP contribution in [0.5, 0.6) is 0 Å². The summed E-state index contributed by atoms with van der Waals surface area (Å²) in [6.07, 6.45) is 5.89. The van der Waals surface area contributed by atoms with Gasteiger partial charge in [-0.1, -0.05) is 26.7 Å². The lowest BCUT2D eigenvalue weighted by Gasteiger charge is -2.21. The molecule has 2 unspecified atom stereocenters. The van der Waals surface area contributed by atoms with E-state index in [1.807, 2.05) is 0 Å². The summed E-state index contributed by atoms with van der Waals surface area (Å²) in [6.45, 7) is 6.52. The molecule has 17 heavy (non-hydrogen) atoms. The Balaban J connectivity index is 2.56. The van der Waals surface area contributed by atoms with Crippen molar-refractivity contribution in [3.8, 4) is 0 Å². The van der Waals surface area contributed by atoms with Crippen LogP contribution >= 0.6 is 0 Å². The minimum absolute atomic E-state index is 0.224. The van der Waals surface area contributed by atoms with E-state index in [2.05, 4.69) is 31.1 Å². The summed E-state index contributed by atoms with van der Waals surface area (Å²) < 4.78 is 12.8.